The molecular formula is C15H15ClIN3O. The molecule has 110 valence electrons. The Hall–Kier alpha value is -1.47. The van der Waals surface area contributed by atoms with E-state index in [2.05, 4.69) is 27.9 Å². The molecule has 0 aromatic heterocycles. The summed E-state index contributed by atoms with van der Waals surface area (Å²) in [4.78, 5) is 14.2. The molecule has 0 fully saturated rings. The molecule has 2 rings (SSSR count). The van der Waals surface area contributed by atoms with Gasteiger partial charge in [0.2, 0.25) is 0 Å². The fraction of sp³-hybridized carbons (Fsp3) is 0.133. The van der Waals surface area contributed by atoms with Crippen molar-refractivity contribution in [3.05, 3.63) is 50.6 Å². The van der Waals surface area contributed by atoms with Gasteiger partial charge in [0, 0.05) is 28.3 Å². The van der Waals surface area contributed by atoms with Gasteiger partial charge < -0.3 is 16.0 Å². The molecule has 0 bridgehead atoms. The molecule has 0 aliphatic heterocycles. The van der Waals surface area contributed by atoms with Crippen molar-refractivity contribution >= 4 is 57.2 Å². The maximum Gasteiger partial charge on any atom is 0.255 e. The Morgan fingerprint density at radius 2 is 1.95 bits per heavy atom. The summed E-state index contributed by atoms with van der Waals surface area (Å²) in [6.45, 7) is 0. The Morgan fingerprint density at radius 3 is 2.52 bits per heavy atom. The maximum absolute atomic E-state index is 12.3. The van der Waals surface area contributed by atoms with Crippen LogP contribution in [0.1, 0.15) is 10.4 Å². The molecule has 2 aromatic carbocycles. The summed E-state index contributed by atoms with van der Waals surface area (Å²) >= 11 is 8.03. The first-order chi connectivity index (χ1) is 9.88. The van der Waals surface area contributed by atoms with Gasteiger partial charge in [0.05, 0.1) is 17.1 Å². The van der Waals surface area contributed by atoms with Crippen LogP contribution in [0.25, 0.3) is 0 Å². The van der Waals surface area contributed by atoms with Crippen LogP contribution in [0.15, 0.2) is 36.4 Å². The van der Waals surface area contributed by atoms with Gasteiger partial charge in [-0.1, -0.05) is 11.6 Å². The molecule has 4 nitrogen and oxygen atoms in total. The molecule has 0 spiro atoms. The Morgan fingerprint density at radius 1 is 1.24 bits per heavy atom. The van der Waals surface area contributed by atoms with E-state index in [1.807, 2.05) is 25.1 Å². The topological polar surface area (TPSA) is 58.4 Å². The van der Waals surface area contributed by atoms with Gasteiger partial charge in [0.25, 0.3) is 5.91 Å². The molecule has 1 amide bonds. The monoisotopic (exact) mass is 415 g/mol. The molecule has 0 atom stereocenters. The summed E-state index contributed by atoms with van der Waals surface area (Å²) in [6.07, 6.45) is 0. The standard InChI is InChI=1S/C15H15ClIN3O/c1-20(2)14-6-3-9(7-12(14)18)15(21)19-13-5-4-10(16)8-11(13)17/h3-8H,18H2,1-2H3,(H,19,21). The second-order valence-corrected chi connectivity index (χ2v) is 6.34. The van der Waals surface area contributed by atoms with Gasteiger partial charge in [-0.15, -0.1) is 0 Å². The third-order valence-electron chi connectivity index (χ3n) is 2.95. The number of halogens is 2. The van der Waals surface area contributed by atoms with Crippen molar-refractivity contribution in [3.63, 3.8) is 0 Å². The molecule has 0 radical (unpaired) electrons. The summed E-state index contributed by atoms with van der Waals surface area (Å²) < 4.78 is 0.881. The SMILES string of the molecule is CN(C)c1ccc(C(=O)Nc2ccc(Cl)cc2I)cc1N. The second-order valence-electron chi connectivity index (χ2n) is 4.75. The molecule has 0 aliphatic rings. The number of amides is 1. The van der Waals surface area contributed by atoms with Crippen molar-refractivity contribution in [2.24, 2.45) is 0 Å². The molecule has 0 unspecified atom stereocenters. The molecule has 0 heterocycles. The zero-order valence-corrected chi connectivity index (χ0v) is 14.6. The average molecular weight is 416 g/mol. The van der Waals surface area contributed by atoms with Gasteiger partial charge in [-0.05, 0) is 59.0 Å². The predicted molar refractivity (Wildman–Crippen MR) is 97.3 cm³/mol. The first-order valence-corrected chi connectivity index (χ1v) is 7.67. The van der Waals surface area contributed by atoms with Crippen molar-refractivity contribution in [2.75, 3.05) is 30.0 Å². The van der Waals surface area contributed by atoms with E-state index in [9.17, 15) is 4.79 Å². The molecule has 21 heavy (non-hydrogen) atoms. The van der Waals surface area contributed by atoms with E-state index in [0.29, 0.717) is 16.3 Å². The highest BCUT2D eigenvalue weighted by atomic mass is 127. The Bertz CT molecular complexity index is 689. The smallest absolute Gasteiger partial charge is 0.255 e. The van der Waals surface area contributed by atoms with E-state index in [0.717, 1.165) is 14.9 Å². The molecular weight excluding hydrogens is 401 g/mol. The van der Waals surface area contributed by atoms with Gasteiger partial charge in [0.1, 0.15) is 0 Å². The average Bonchev–Trinajstić information content (AvgIpc) is 2.41. The number of benzene rings is 2. The predicted octanol–water partition coefficient (Wildman–Crippen LogP) is 3.85. The maximum atomic E-state index is 12.3. The van der Waals surface area contributed by atoms with E-state index < -0.39 is 0 Å². The molecule has 6 heteroatoms. The van der Waals surface area contributed by atoms with Crippen molar-refractivity contribution < 1.29 is 4.79 Å². The van der Waals surface area contributed by atoms with E-state index in [1.165, 1.54) is 0 Å². The van der Waals surface area contributed by atoms with Crippen LogP contribution >= 0.6 is 34.2 Å². The minimum atomic E-state index is -0.202. The molecule has 0 saturated carbocycles. The van der Waals surface area contributed by atoms with Crippen LogP contribution in [0.3, 0.4) is 0 Å². The van der Waals surface area contributed by atoms with E-state index in [1.54, 1.807) is 30.3 Å². The summed E-state index contributed by atoms with van der Waals surface area (Å²) in [5, 5.41) is 3.49. The summed E-state index contributed by atoms with van der Waals surface area (Å²) in [5.74, 6) is -0.202. The third-order valence-corrected chi connectivity index (χ3v) is 4.08. The number of nitrogens with zero attached hydrogens (tertiary/aromatic N) is 1. The lowest BCUT2D eigenvalue weighted by Crippen LogP contribution is -2.15. The van der Waals surface area contributed by atoms with E-state index >= 15 is 0 Å². The summed E-state index contributed by atoms with van der Waals surface area (Å²) in [7, 11) is 3.81. The number of hydrogen-bond acceptors (Lipinski definition) is 3. The first-order valence-electron chi connectivity index (χ1n) is 6.21. The number of nitrogens with two attached hydrogens (primary N) is 1. The van der Waals surface area contributed by atoms with E-state index in [4.69, 9.17) is 17.3 Å². The number of rotatable bonds is 3. The fourth-order valence-corrected chi connectivity index (χ4v) is 2.89. The van der Waals surface area contributed by atoms with Crippen LogP contribution in [0.2, 0.25) is 5.02 Å². The van der Waals surface area contributed by atoms with Gasteiger partial charge in [0.15, 0.2) is 0 Å². The molecule has 0 saturated heterocycles. The van der Waals surface area contributed by atoms with Crippen LogP contribution in [-0.2, 0) is 0 Å². The number of nitrogen functional groups attached to an aromatic ring is 1. The highest BCUT2D eigenvalue weighted by molar-refractivity contribution is 14.1. The van der Waals surface area contributed by atoms with Gasteiger partial charge in [-0.25, -0.2) is 0 Å². The highest BCUT2D eigenvalue weighted by Gasteiger charge is 2.11. The lowest BCUT2D eigenvalue weighted by atomic mass is 10.1. The zero-order valence-electron chi connectivity index (χ0n) is 11.7. The Kier molecular flexibility index (Phi) is 4.95. The van der Waals surface area contributed by atoms with Crippen molar-refractivity contribution in [1.82, 2.24) is 0 Å². The number of carbonyl (C=O) groups is 1. The third kappa shape index (κ3) is 3.79. The van der Waals surface area contributed by atoms with Gasteiger partial charge >= 0.3 is 0 Å². The number of hydrogen-bond donors (Lipinski definition) is 2. The number of carbonyl (C=O) groups excluding carboxylic acids is 1. The van der Waals surface area contributed by atoms with Crippen LogP contribution in [-0.4, -0.2) is 20.0 Å². The number of nitrogens with one attached hydrogen (secondary N) is 1. The zero-order chi connectivity index (χ0) is 15.6. The Balaban J connectivity index is 2.22. The molecule has 3 N–H and O–H groups in total. The fourth-order valence-electron chi connectivity index (χ4n) is 1.89. The van der Waals surface area contributed by atoms with Crippen LogP contribution < -0.4 is 16.0 Å². The minimum absolute atomic E-state index is 0.202. The van der Waals surface area contributed by atoms with E-state index in [-0.39, 0.29) is 5.91 Å². The normalized spacial score (nSPS) is 10.3. The van der Waals surface area contributed by atoms with Crippen LogP contribution in [0, 0.1) is 3.57 Å². The van der Waals surface area contributed by atoms with Gasteiger partial charge in [-0.3, -0.25) is 4.79 Å². The molecule has 0 aliphatic carbocycles. The minimum Gasteiger partial charge on any atom is -0.397 e. The number of anilines is 3. The lowest BCUT2D eigenvalue weighted by Gasteiger charge is -2.16. The largest absolute Gasteiger partial charge is 0.397 e. The quantitative estimate of drug-likeness (QED) is 0.591. The Labute approximate surface area is 142 Å². The van der Waals surface area contributed by atoms with Crippen molar-refractivity contribution in [1.29, 1.82) is 0 Å². The van der Waals surface area contributed by atoms with Crippen molar-refractivity contribution in [3.8, 4) is 0 Å². The second kappa shape index (κ2) is 6.53. The summed E-state index contributed by atoms with van der Waals surface area (Å²) in [6, 6.07) is 10.6. The van der Waals surface area contributed by atoms with Crippen molar-refractivity contribution in [2.45, 2.75) is 0 Å². The van der Waals surface area contributed by atoms with Crippen LogP contribution in [0.4, 0.5) is 17.1 Å². The first kappa shape index (κ1) is 15.9. The highest BCUT2D eigenvalue weighted by Crippen LogP contribution is 2.25. The van der Waals surface area contributed by atoms with Crippen LogP contribution in [0.5, 0.6) is 0 Å². The molecule has 2 aromatic rings. The van der Waals surface area contributed by atoms with Gasteiger partial charge in [-0.2, -0.15) is 0 Å². The summed E-state index contributed by atoms with van der Waals surface area (Å²) in [5.41, 5.74) is 8.65. The lowest BCUT2D eigenvalue weighted by molar-refractivity contribution is 0.102.